The highest BCUT2D eigenvalue weighted by Crippen LogP contribution is 2.21. The van der Waals surface area contributed by atoms with Crippen molar-refractivity contribution < 1.29 is 9.47 Å². The van der Waals surface area contributed by atoms with E-state index in [1.807, 2.05) is 0 Å². The van der Waals surface area contributed by atoms with Crippen LogP contribution in [0.15, 0.2) is 0 Å². The molecule has 1 saturated heterocycles. The molecule has 2 rings (SSSR count). The first kappa shape index (κ1) is 11.4. The highest BCUT2D eigenvalue weighted by Gasteiger charge is 2.25. The number of rotatable bonds is 5. The maximum absolute atomic E-state index is 5.86. The van der Waals surface area contributed by atoms with Gasteiger partial charge in [-0.05, 0) is 39.5 Å². The Morgan fingerprint density at radius 2 is 1.87 bits per heavy atom. The number of hydrogen-bond donors (Lipinski definition) is 1. The molecule has 2 unspecified atom stereocenters. The quantitative estimate of drug-likeness (QED) is 0.705. The lowest BCUT2D eigenvalue weighted by molar-refractivity contribution is -0.101. The third kappa shape index (κ3) is 4.09. The molecule has 0 aromatic rings. The van der Waals surface area contributed by atoms with Crippen molar-refractivity contribution in [3.8, 4) is 0 Å². The minimum Gasteiger partial charge on any atom is -0.377 e. The van der Waals surface area contributed by atoms with Gasteiger partial charge in [-0.1, -0.05) is 0 Å². The van der Waals surface area contributed by atoms with Crippen LogP contribution in [0.4, 0.5) is 0 Å². The molecule has 1 aliphatic heterocycles. The Bertz CT molecular complexity index is 184. The molecule has 0 aromatic carbocycles. The fraction of sp³-hybridized carbons (Fsp3) is 1.00. The smallest absolute Gasteiger partial charge is 0.0625 e. The van der Waals surface area contributed by atoms with E-state index < -0.39 is 0 Å². The molecule has 1 aliphatic carbocycles. The zero-order chi connectivity index (χ0) is 10.7. The van der Waals surface area contributed by atoms with Gasteiger partial charge in [0.25, 0.3) is 0 Å². The van der Waals surface area contributed by atoms with E-state index >= 15 is 0 Å². The third-order valence-electron chi connectivity index (χ3n) is 3.12. The first-order valence-electron chi connectivity index (χ1n) is 6.24. The van der Waals surface area contributed by atoms with Gasteiger partial charge < -0.3 is 14.8 Å². The lowest BCUT2D eigenvalue weighted by atomic mass is 10.0. The summed E-state index contributed by atoms with van der Waals surface area (Å²) >= 11 is 0. The molecule has 0 radical (unpaired) electrons. The second kappa shape index (κ2) is 5.28. The van der Waals surface area contributed by atoms with Gasteiger partial charge in [-0.15, -0.1) is 0 Å². The summed E-state index contributed by atoms with van der Waals surface area (Å²) < 4.78 is 11.5. The van der Waals surface area contributed by atoms with Crippen molar-refractivity contribution in [3.63, 3.8) is 0 Å². The van der Waals surface area contributed by atoms with Crippen LogP contribution in [0.1, 0.15) is 39.5 Å². The Morgan fingerprint density at radius 1 is 1.20 bits per heavy atom. The van der Waals surface area contributed by atoms with Gasteiger partial charge in [-0.3, -0.25) is 0 Å². The van der Waals surface area contributed by atoms with Gasteiger partial charge in [0.05, 0.1) is 24.9 Å². The van der Waals surface area contributed by atoms with E-state index in [9.17, 15) is 0 Å². The summed E-state index contributed by atoms with van der Waals surface area (Å²) in [7, 11) is 0. The third-order valence-corrected chi connectivity index (χ3v) is 3.12. The Balaban J connectivity index is 1.56. The van der Waals surface area contributed by atoms with Crippen molar-refractivity contribution in [2.75, 3.05) is 13.2 Å². The van der Waals surface area contributed by atoms with Crippen LogP contribution in [0.2, 0.25) is 0 Å². The molecule has 2 fully saturated rings. The van der Waals surface area contributed by atoms with Crippen LogP contribution in [0, 0.1) is 0 Å². The second-order valence-corrected chi connectivity index (χ2v) is 4.95. The number of ether oxygens (including phenoxy) is 2. The van der Waals surface area contributed by atoms with Gasteiger partial charge in [-0.2, -0.15) is 0 Å². The summed E-state index contributed by atoms with van der Waals surface area (Å²) in [5, 5.41) is 3.46. The first-order valence-corrected chi connectivity index (χ1v) is 6.24. The highest BCUT2D eigenvalue weighted by atomic mass is 16.5. The highest BCUT2D eigenvalue weighted by molar-refractivity contribution is 4.80. The van der Waals surface area contributed by atoms with Crippen LogP contribution in [-0.4, -0.2) is 37.5 Å². The molecule has 88 valence electrons. The van der Waals surface area contributed by atoms with Crippen molar-refractivity contribution in [1.82, 2.24) is 5.32 Å². The summed E-state index contributed by atoms with van der Waals surface area (Å²) in [5.41, 5.74) is 0. The minimum absolute atomic E-state index is 0.357. The Labute approximate surface area is 92.5 Å². The van der Waals surface area contributed by atoms with E-state index in [2.05, 4.69) is 19.2 Å². The van der Waals surface area contributed by atoms with Crippen molar-refractivity contribution in [1.29, 1.82) is 0 Å². The minimum atomic E-state index is 0.357. The van der Waals surface area contributed by atoms with Crippen LogP contribution in [0.3, 0.4) is 0 Å². The molecule has 0 spiro atoms. The Kier molecular flexibility index (Phi) is 4.00. The number of nitrogens with one attached hydrogen (secondary N) is 1. The summed E-state index contributed by atoms with van der Waals surface area (Å²) in [5.74, 6) is 0. The van der Waals surface area contributed by atoms with Crippen LogP contribution in [-0.2, 0) is 9.47 Å². The Hall–Kier alpha value is -0.120. The summed E-state index contributed by atoms with van der Waals surface area (Å²) in [4.78, 5) is 0. The SMILES string of the molecule is CC1CC(OCCNC2CC2)CC(C)O1. The van der Waals surface area contributed by atoms with E-state index in [0.29, 0.717) is 18.3 Å². The molecule has 2 atom stereocenters. The molecule has 15 heavy (non-hydrogen) atoms. The molecule has 3 nitrogen and oxygen atoms in total. The van der Waals surface area contributed by atoms with Gasteiger partial charge in [-0.25, -0.2) is 0 Å². The molecule has 0 amide bonds. The normalized spacial score (nSPS) is 36.8. The molecule has 2 aliphatic rings. The van der Waals surface area contributed by atoms with Gasteiger partial charge >= 0.3 is 0 Å². The molecule has 0 aromatic heterocycles. The van der Waals surface area contributed by atoms with Crippen LogP contribution >= 0.6 is 0 Å². The van der Waals surface area contributed by atoms with Crippen molar-refractivity contribution in [3.05, 3.63) is 0 Å². The molecular formula is C12H23NO2. The van der Waals surface area contributed by atoms with E-state index in [4.69, 9.17) is 9.47 Å². The molecule has 1 heterocycles. The van der Waals surface area contributed by atoms with Crippen molar-refractivity contribution >= 4 is 0 Å². The molecule has 1 N–H and O–H groups in total. The van der Waals surface area contributed by atoms with E-state index in [1.54, 1.807) is 0 Å². The standard InChI is InChI=1S/C12H23NO2/c1-9-7-12(8-10(2)15-9)14-6-5-13-11-3-4-11/h9-13H,3-8H2,1-2H3. The van der Waals surface area contributed by atoms with E-state index in [1.165, 1.54) is 12.8 Å². The van der Waals surface area contributed by atoms with Gasteiger partial charge in [0.15, 0.2) is 0 Å². The van der Waals surface area contributed by atoms with Crippen LogP contribution in [0.25, 0.3) is 0 Å². The first-order chi connectivity index (χ1) is 7.24. The average Bonchev–Trinajstić information content (AvgIpc) is 2.94. The summed E-state index contributed by atoms with van der Waals surface area (Å²) in [6.07, 6.45) is 5.92. The molecule has 1 saturated carbocycles. The van der Waals surface area contributed by atoms with Gasteiger partial charge in [0, 0.05) is 12.6 Å². The van der Waals surface area contributed by atoms with E-state index in [-0.39, 0.29) is 0 Å². The Morgan fingerprint density at radius 3 is 2.47 bits per heavy atom. The van der Waals surface area contributed by atoms with Crippen LogP contribution < -0.4 is 5.32 Å². The second-order valence-electron chi connectivity index (χ2n) is 4.95. The maximum atomic E-state index is 5.86. The lowest BCUT2D eigenvalue weighted by Crippen LogP contribution is -2.35. The zero-order valence-corrected chi connectivity index (χ0v) is 9.87. The van der Waals surface area contributed by atoms with Crippen molar-refractivity contribution in [2.45, 2.75) is 63.9 Å². The van der Waals surface area contributed by atoms with Crippen LogP contribution in [0.5, 0.6) is 0 Å². The summed E-state index contributed by atoms with van der Waals surface area (Å²) in [6, 6.07) is 0.793. The van der Waals surface area contributed by atoms with Gasteiger partial charge in [0.2, 0.25) is 0 Å². The predicted molar refractivity (Wildman–Crippen MR) is 60.0 cm³/mol. The molecule has 0 bridgehead atoms. The molecule has 3 heteroatoms. The zero-order valence-electron chi connectivity index (χ0n) is 9.87. The monoisotopic (exact) mass is 213 g/mol. The van der Waals surface area contributed by atoms with Crippen molar-refractivity contribution in [2.24, 2.45) is 0 Å². The molecular weight excluding hydrogens is 190 g/mol. The largest absolute Gasteiger partial charge is 0.377 e. The average molecular weight is 213 g/mol. The van der Waals surface area contributed by atoms with Gasteiger partial charge in [0.1, 0.15) is 0 Å². The fourth-order valence-corrected chi connectivity index (χ4v) is 2.26. The summed E-state index contributed by atoms with van der Waals surface area (Å²) in [6.45, 7) is 6.12. The topological polar surface area (TPSA) is 30.5 Å². The number of hydrogen-bond acceptors (Lipinski definition) is 3. The lowest BCUT2D eigenvalue weighted by Gasteiger charge is -2.32. The fourth-order valence-electron chi connectivity index (χ4n) is 2.26. The van der Waals surface area contributed by atoms with E-state index in [0.717, 1.165) is 32.0 Å². The maximum Gasteiger partial charge on any atom is 0.0625 e. The predicted octanol–water partition coefficient (Wildman–Crippen LogP) is 1.71.